The van der Waals surface area contributed by atoms with E-state index in [1.165, 1.54) is 6.26 Å². The Morgan fingerprint density at radius 2 is 1.67 bits per heavy atom. The highest BCUT2D eigenvalue weighted by Crippen LogP contribution is 2.25. The molecule has 4 heterocycles. The number of nitrogens with one attached hydrogen (secondary N) is 1. The molecule has 0 spiro atoms. The maximum absolute atomic E-state index is 12.0. The standard InChI is InChI=1S/C18H18N4O3.2C2HF3O2/c23-18(15-5-3-8-24-15)20-10-16-17-13(6-9-25-16)11-22(21-17)12-14-4-1-2-7-19-14;2*3-2(4,5)1(6)7/h1-5,7-8,11,16H,6,9-10,12H2,(H,20,23);2*(H,6,7). The van der Waals surface area contributed by atoms with Gasteiger partial charge in [0, 0.05) is 18.9 Å². The van der Waals surface area contributed by atoms with Gasteiger partial charge in [-0.2, -0.15) is 31.4 Å². The number of fused-ring (bicyclic) bond motifs is 1. The van der Waals surface area contributed by atoms with Crippen LogP contribution in [0.3, 0.4) is 0 Å². The number of carboxylic acids is 2. The number of hydrogen-bond acceptors (Lipinski definition) is 7. The highest BCUT2D eigenvalue weighted by Gasteiger charge is 2.38. The normalized spacial score (nSPS) is 14.6. The Balaban J connectivity index is 0.000000317. The quantitative estimate of drug-likeness (QED) is 0.395. The van der Waals surface area contributed by atoms with E-state index in [1.807, 2.05) is 29.1 Å². The average Bonchev–Trinajstić information content (AvgIpc) is 3.53. The van der Waals surface area contributed by atoms with E-state index in [4.69, 9.17) is 29.0 Å². The van der Waals surface area contributed by atoms with Gasteiger partial charge in [-0.05, 0) is 36.2 Å². The molecule has 1 amide bonds. The van der Waals surface area contributed by atoms with Crippen LogP contribution in [0.2, 0.25) is 0 Å². The van der Waals surface area contributed by atoms with Crippen LogP contribution in [0.4, 0.5) is 26.3 Å². The first-order chi connectivity index (χ1) is 18.2. The summed E-state index contributed by atoms with van der Waals surface area (Å²) in [5.74, 6) is -5.48. The molecule has 17 heteroatoms. The number of alkyl halides is 6. The van der Waals surface area contributed by atoms with Crippen molar-refractivity contribution in [1.29, 1.82) is 0 Å². The summed E-state index contributed by atoms with van der Waals surface area (Å²) in [6.45, 7) is 1.58. The Hall–Kier alpha value is -4.41. The van der Waals surface area contributed by atoms with Crippen molar-refractivity contribution in [2.75, 3.05) is 13.2 Å². The lowest BCUT2D eigenvalue weighted by atomic mass is 10.1. The topological polar surface area (TPSA) is 157 Å². The molecule has 0 saturated heterocycles. The second-order valence-corrected chi connectivity index (χ2v) is 7.46. The monoisotopic (exact) mass is 566 g/mol. The lowest BCUT2D eigenvalue weighted by Gasteiger charge is -2.22. The van der Waals surface area contributed by atoms with Crippen LogP contribution < -0.4 is 5.32 Å². The van der Waals surface area contributed by atoms with Crippen molar-refractivity contribution in [3.63, 3.8) is 0 Å². The van der Waals surface area contributed by atoms with Gasteiger partial charge in [0.05, 0.1) is 30.8 Å². The Labute approximate surface area is 215 Å². The summed E-state index contributed by atoms with van der Waals surface area (Å²) in [6, 6.07) is 9.14. The number of carbonyl (C=O) groups is 3. The molecular weight excluding hydrogens is 546 g/mol. The fourth-order valence-electron chi connectivity index (χ4n) is 2.91. The molecule has 3 aromatic rings. The molecule has 39 heavy (non-hydrogen) atoms. The van der Waals surface area contributed by atoms with Gasteiger partial charge in [-0.3, -0.25) is 14.5 Å². The van der Waals surface area contributed by atoms with Gasteiger partial charge < -0.3 is 24.7 Å². The van der Waals surface area contributed by atoms with E-state index in [-0.39, 0.29) is 17.8 Å². The van der Waals surface area contributed by atoms with Crippen LogP contribution in [0.5, 0.6) is 0 Å². The molecule has 1 atom stereocenters. The fourth-order valence-corrected chi connectivity index (χ4v) is 2.91. The minimum atomic E-state index is -5.08. The number of furan rings is 1. The third-order valence-corrected chi connectivity index (χ3v) is 4.59. The first-order valence-corrected chi connectivity index (χ1v) is 10.7. The van der Waals surface area contributed by atoms with Gasteiger partial charge in [0.1, 0.15) is 6.10 Å². The zero-order valence-electron chi connectivity index (χ0n) is 19.6. The van der Waals surface area contributed by atoms with Gasteiger partial charge in [0.25, 0.3) is 5.91 Å². The van der Waals surface area contributed by atoms with Gasteiger partial charge >= 0.3 is 24.3 Å². The number of hydrogen-bond donors (Lipinski definition) is 3. The number of aromatic nitrogens is 3. The lowest BCUT2D eigenvalue weighted by molar-refractivity contribution is -0.193. The molecule has 0 saturated carbocycles. The number of aliphatic carboxylic acids is 2. The van der Waals surface area contributed by atoms with Crippen LogP contribution in [-0.4, -0.2) is 68.3 Å². The second-order valence-electron chi connectivity index (χ2n) is 7.46. The third-order valence-electron chi connectivity index (χ3n) is 4.59. The van der Waals surface area contributed by atoms with Gasteiger partial charge in [-0.1, -0.05) is 6.07 Å². The molecule has 3 N–H and O–H groups in total. The number of nitrogens with zero attached hydrogens (tertiary/aromatic N) is 3. The summed E-state index contributed by atoms with van der Waals surface area (Å²) in [6.07, 6.45) is -4.32. The maximum atomic E-state index is 12.0. The smallest absolute Gasteiger partial charge is 0.475 e. The average molecular weight is 566 g/mol. The van der Waals surface area contributed by atoms with E-state index in [0.29, 0.717) is 19.7 Å². The number of ether oxygens (including phenoxy) is 1. The van der Waals surface area contributed by atoms with Crippen LogP contribution in [0.25, 0.3) is 0 Å². The van der Waals surface area contributed by atoms with E-state index < -0.39 is 24.3 Å². The van der Waals surface area contributed by atoms with Crippen molar-refractivity contribution >= 4 is 17.8 Å². The van der Waals surface area contributed by atoms with Crippen LogP contribution >= 0.6 is 0 Å². The molecule has 1 aliphatic rings. The predicted molar refractivity (Wildman–Crippen MR) is 116 cm³/mol. The zero-order valence-corrected chi connectivity index (χ0v) is 19.6. The Morgan fingerprint density at radius 1 is 1.03 bits per heavy atom. The van der Waals surface area contributed by atoms with Gasteiger partial charge in [-0.25, -0.2) is 9.59 Å². The molecule has 1 aliphatic heterocycles. The van der Waals surface area contributed by atoms with E-state index in [0.717, 1.165) is 23.4 Å². The highest BCUT2D eigenvalue weighted by atomic mass is 19.4. The molecule has 0 aromatic carbocycles. The van der Waals surface area contributed by atoms with Crippen LogP contribution in [0, 0.1) is 0 Å². The molecule has 0 aliphatic carbocycles. The number of rotatable bonds is 5. The van der Waals surface area contributed by atoms with E-state index in [9.17, 15) is 31.1 Å². The van der Waals surface area contributed by atoms with Crippen molar-refractivity contribution < 1.29 is 60.1 Å². The number of carboxylic acid groups (broad SMARTS) is 2. The summed E-state index contributed by atoms with van der Waals surface area (Å²) in [5.41, 5.74) is 2.98. The van der Waals surface area contributed by atoms with Crippen LogP contribution in [-0.2, 0) is 27.3 Å². The van der Waals surface area contributed by atoms with Crippen molar-refractivity contribution in [2.45, 2.75) is 31.4 Å². The molecule has 3 aromatic heterocycles. The van der Waals surface area contributed by atoms with Gasteiger partial charge in [0.2, 0.25) is 0 Å². The Bertz CT molecular complexity index is 1200. The molecule has 0 radical (unpaired) electrons. The fraction of sp³-hybridized carbons (Fsp3) is 0.318. The summed E-state index contributed by atoms with van der Waals surface area (Å²) in [7, 11) is 0. The summed E-state index contributed by atoms with van der Waals surface area (Å²) < 4.78 is 76.2. The highest BCUT2D eigenvalue weighted by molar-refractivity contribution is 5.91. The maximum Gasteiger partial charge on any atom is 0.490 e. The molecule has 212 valence electrons. The van der Waals surface area contributed by atoms with Crippen molar-refractivity contribution in [3.05, 3.63) is 71.7 Å². The lowest BCUT2D eigenvalue weighted by Crippen LogP contribution is -2.31. The minimum absolute atomic E-state index is 0.256. The van der Waals surface area contributed by atoms with Crippen LogP contribution in [0.15, 0.2) is 53.4 Å². The number of amides is 1. The van der Waals surface area contributed by atoms with Crippen molar-refractivity contribution in [1.82, 2.24) is 20.1 Å². The molecule has 4 rings (SSSR count). The van der Waals surface area contributed by atoms with Crippen molar-refractivity contribution in [3.8, 4) is 0 Å². The Kier molecular flexibility index (Phi) is 10.6. The molecule has 11 nitrogen and oxygen atoms in total. The zero-order chi connectivity index (χ0) is 29.2. The minimum Gasteiger partial charge on any atom is -0.475 e. The number of carbonyl (C=O) groups excluding carboxylic acids is 1. The van der Waals surface area contributed by atoms with Gasteiger partial charge in [0.15, 0.2) is 5.76 Å². The number of pyridine rings is 1. The van der Waals surface area contributed by atoms with Crippen molar-refractivity contribution in [2.24, 2.45) is 0 Å². The first kappa shape index (κ1) is 30.8. The summed E-state index contributed by atoms with van der Waals surface area (Å²) in [4.78, 5) is 34.1. The van der Waals surface area contributed by atoms with E-state index >= 15 is 0 Å². The van der Waals surface area contributed by atoms with Gasteiger partial charge in [-0.15, -0.1) is 0 Å². The Morgan fingerprint density at radius 3 is 2.18 bits per heavy atom. The molecule has 1 unspecified atom stereocenters. The molecule has 0 fully saturated rings. The largest absolute Gasteiger partial charge is 0.490 e. The van der Waals surface area contributed by atoms with E-state index in [2.05, 4.69) is 15.4 Å². The molecule has 0 bridgehead atoms. The summed E-state index contributed by atoms with van der Waals surface area (Å²) in [5, 5.41) is 21.7. The second kappa shape index (κ2) is 13.4. The first-order valence-electron chi connectivity index (χ1n) is 10.7. The summed E-state index contributed by atoms with van der Waals surface area (Å²) >= 11 is 0. The van der Waals surface area contributed by atoms with Crippen LogP contribution in [0.1, 0.15) is 33.6 Å². The van der Waals surface area contributed by atoms with E-state index in [1.54, 1.807) is 18.3 Å². The molecular formula is C22H20F6N4O7. The predicted octanol–water partition coefficient (Wildman–Crippen LogP) is 3.23. The SMILES string of the molecule is O=C(NCC1OCCc2cn(Cc3ccccn3)nc21)c1ccco1.O=C(O)C(F)(F)F.O=C(O)C(F)(F)F. The third kappa shape index (κ3) is 10.1. The number of halogens is 6.